The van der Waals surface area contributed by atoms with Crippen LogP contribution in [0, 0.1) is 5.82 Å². The Bertz CT molecular complexity index is 524. The number of nitrogens with zero attached hydrogens (tertiary/aromatic N) is 3. The smallest absolute Gasteiger partial charge is 0.166 e. The van der Waals surface area contributed by atoms with E-state index in [9.17, 15) is 4.39 Å². The van der Waals surface area contributed by atoms with E-state index in [4.69, 9.17) is 0 Å². The van der Waals surface area contributed by atoms with Crippen LogP contribution in [0.15, 0.2) is 29.1 Å². The van der Waals surface area contributed by atoms with E-state index in [0.717, 1.165) is 0 Å². The molecule has 6 heteroatoms. The first kappa shape index (κ1) is 12.0. The fraction of sp³-hybridized carbons (Fsp3) is 0.273. The third-order valence-corrected chi connectivity index (χ3v) is 2.63. The second-order valence-corrected chi connectivity index (χ2v) is 4.83. The van der Waals surface area contributed by atoms with Gasteiger partial charge in [-0.1, -0.05) is 0 Å². The lowest BCUT2D eigenvalue weighted by molar-refractivity contribution is 0.532. The minimum Gasteiger partial charge on any atom is -0.335 e. The number of nitrogens with one attached hydrogen (secondary N) is 1. The summed E-state index contributed by atoms with van der Waals surface area (Å²) in [7, 11) is 0. The number of halogens is 2. The summed E-state index contributed by atoms with van der Waals surface area (Å²) >= 11 is 3.16. The zero-order valence-electron chi connectivity index (χ0n) is 9.48. The van der Waals surface area contributed by atoms with E-state index in [-0.39, 0.29) is 11.9 Å². The molecule has 2 rings (SSSR count). The maximum absolute atomic E-state index is 13.5. The number of rotatable bonds is 3. The summed E-state index contributed by atoms with van der Waals surface area (Å²) in [5, 5.41) is 7.04. The molecule has 90 valence electrons. The van der Waals surface area contributed by atoms with Crippen LogP contribution in [0.3, 0.4) is 0 Å². The molecule has 0 fully saturated rings. The van der Waals surface area contributed by atoms with Crippen molar-refractivity contribution in [3.63, 3.8) is 0 Å². The summed E-state index contributed by atoms with van der Waals surface area (Å²) in [6.07, 6.45) is 5.00. The third-order valence-electron chi connectivity index (χ3n) is 2.20. The monoisotopic (exact) mass is 298 g/mol. The van der Waals surface area contributed by atoms with Gasteiger partial charge in [-0.2, -0.15) is 5.10 Å². The van der Waals surface area contributed by atoms with E-state index in [1.807, 2.05) is 20.0 Å². The van der Waals surface area contributed by atoms with Crippen molar-refractivity contribution in [2.75, 3.05) is 5.32 Å². The zero-order valence-corrected chi connectivity index (χ0v) is 11.1. The van der Waals surface area contributed by atoms with Crippen molar-refractivity contribution >= 4 is 27.4 Å². The number of anilines is 2. The summed E-state index contributed by atoms with van der Waals surface area (Å²) in [4.78, 5) is 3.96. The van der Waals surface area contributed by atoms with Gasteiger partial charge in [0.15, 0.2) is 11.6 Å². The summed E-state index contributed by atoms with van der Waals surface area (Å²) < 4.78 is 15.9. The second kappa shape index (κ2) is 4.83. The van der Waals surface area contributed by atoms with Gasteiger partial charge in [0.1, 0.15) is 0 Å². The normalized spacial score (nSPS) is 10.9. The summed E-state index contributed by atoms with van der Waals surface area (Å²) in [5.74, 6) is -0.215. The van der Waals surface area contributed by atoms with Crippen LogP contribution in [0.5, 0.6) is 0 Å². The lowest BCUT2D eigenvalue weighted by Crippen LogP contribution is -2.00. The van der Waals surface area contributed by atoms with E-state index in [2.05, 4.69) is 31.3 Å². The highest BCUT2D eigenvalue weighted by atomic mass is 79.9. The van der Waals surface area contributed by atoms with Gasteiger partial charge in [-0.15, -0.1) is 0 Å². The fourth-order valence-corrected chi connectivity index (χ4v) is 1.63. The van der Waals surface area contributed by atoms with Gasteiger partial charge in [0.25, 0.3) is 0 Å². The molecule has 2 aromatic heterocycles. The van der Waals surface area contributed by atoms with Crippen LogP contribution < -0.4 is 5.32 Å². The lowest BCUT2D eigenvalue weighted by Gasteiger charge is -2.05. The van der Waals surface area contributed by atoms with E-state index < -0.39 is 5.82 Å². The van der Waals surface area contributed by atoms with Crippen LogP contribution in [0.25, 0.3) is 0 Å². The molecule has 0 unspecified atom stereocenters. The van der Waals surface area contributed by atoms with Crippen LogP contribution in [0.1, 0.15) is 19.9 Å². The van der Waals surface area contributed by atoms with Crippen molar-refractivity contribution in [2.24, 2.45) is 0 Å². The van der Waals surface area contributed by atoms with Crippen molar-refractivity contribution in [2.45, 2.75) is 19.9 Å². The molecule has 4 nitrogen and oxygen atoms in total. The van der Waals surface area contributed by atoms with Gasteiger partial charge in [0, 0.05) is 22.9 Å². The predicted molar refractivity (Wildman–Crippen MR) is 67.8 cm³/mol. The maximum atomic E-state index is 13.5. The highest BCUT2D eigenvalue weighted by Crippen LogP contribution is 2.20. The second-order valence-electron chi connectivity index (χ2n) is 3.91. The first-order valence-corrected chi connectivity index (χ1v) is 5.98. The van der Waals surface area contributed by atoms with Crippen molar-refractivity contribution in [1.82, 2.24) is 14.8 Å². The Kier molecular flexibility index (Phi) is 3.42. The number of aromatic nitrogens is 3. The molecule has 2 heterocycles. The molecular weight excluding hydrogens is 287 g/mol. The summed E-state index contributed by atoms with van der Waals surface area (Å²) in [6, 6.07) is 1.63. The van der Waals surface area contributed by atoms with Crippen LogP contribution in [0.4, 0.5) is 15.9 Å². The van der Waals surface area contributed by atoms with E-state index in [0.29, 0.717) is 10.2 Å². The number of hydrogen-bond donors (Lipinski definition) is 1. The van der Waals surface area contributed by atoms with Gasteiger partial charge in [0.05, 0.1) is 11.9 Å². The van der Waals surface area contributed by atoms with Crippen molar-refractivity contribution in [3.8, 4) is 0 Å². The maximum Gasteiger partial charge on any atom is 0.166 e. The van der Waals surface area contributed by atoms with Gasteiger partial charge >= 0.3 is 0 Å². The molecule has 2 aromatic rings. The highest BCUT2D eigenvalue weighted by molar-refractivity contribution is 9.10. The molecule has 0 radical (unpaired) electrons. The Morgan fingerprint density at radius 1 is 1.41 bits per heavy atom. The molecule has 0 aliphatic carbocycles. The first-order chi connectivity index (χ1) is 8.06. The Morgan fingerprint density at radius 3 is 2.76 bits per heavy atom. The molecule has 0 aliphatic heterocycles. The largest absolute Gasteiger partial charge is 0.335 e. The third kappa shape index (κ3) is 2.82. The quantitative estimate of drug-likeness (QED) is 0.943. The minimum absolute atomic E-state index is 0.191. The first-order valence-electron chi connectivity index (χ1n) is 5.18. The van der Waals surface area contributed by atoms with Crippen LogP contribution in [-0.2, 0) is 0 Å². The minimum atomic E-state index is -0.406. The number of pyridine rings is 1. The molecule has 0 aliphatic rings. The van der Waals surface area contributed by atoms with Crippen molar-refractivity contribution < 1.29 is 4.39 Å². The molecule has 1 N–H and O–H groups in total. The molecule has 0 bridgehead atoms. The summed E-state index contributed by atoms with van der Waals surface area (Å²) in [5.41, 5.74) is 0.715. The van der Waals surface area contributed by atoms with Crippen molar-refractivity contribution in [1.29, 1.82) is 0 Å². The van der Waals surface area contributed by atoms with Crippen LogP contribution in [-0.4, -0.2) is 14.8 Å². The van der Waals surface area contributed by atoms with Crippen LogP contribution >= 0.6 is 15.9 Å². The topological polar surface area (TPSA) is 42.7 Å². The van der Waals surface area contributed by atoms with E-state index >= 15 is 0 Å². The Balaban J connectivity index is 2.19. The lowest BCUT2D eigenvalue weighted by atomic mass is 10.4. The molecule has 0 amide bonds. The predicted octanol–water partition coefficient (Wildman–Crippen LogP) is 3.50. The molecule has 17 heavy (non-hydrogen) atoms. The highest BCUT2D eigenvalue weighted by Gasteiger charge is 2.07. The van der Waals surface area contributed by atoms with Gasteiger partial charge in [0.2, 0.25) is 0 Å². The molecular formula is C11H12BrFN4. The molecule has 0 atom stereocenters. The Morgan fingerprint density at radius 2 is 2.18 bits per heavy atom. The van der Waals surface area contributed by atoms with Gasteiger partial charge in [-0.25, -0.2) is 9.37 Å². The van der Waals surface area contributed by atoms with Gasteiger partial charge in [-0.3, -0.25) is 4.68 Å². The van der Waals surface area contributed by atoms with Gasteiger partial charge in [-0.05, 0) is 35.8 Å². The molecule has 0 spiro atoms. The SMILES string of the molecule is CC(C)n1cc(Nc2ncc(Br)cc2F)cn1. The fourth-order valence-electron chi connectivity index (χ4n) is 1.33. The van der Waals surface area contributed by atoms with E-state index in [1.165, 1.54) is 12.3 Å². The average Bonchev–Trinajstić information content (AvgIpc) is 2.71. The Hall–Kier alpha value is -1.43. The van der Waals surface area contributed by atoms with Crippen molar-refractivity contribution in [3.05, 3.63) is 34.9 Å². The zero-order chi connectivity index (χ0) is 12.4. The Labute approximate surface area is 107 Å². The standard InChI is InChI=1S/C11H12BrFN4/c1-7(2)17-6-9(5-15-17)16-11-10(13)3-8(12)4-14-11/h3-7H,1-2H3,(H,14,16). The average molecular weight is 299 g/mol. The molecule has 0 saturated carbocycles. The number of hydrogen-bond acceptors (Lipinski definition) is 3. The molecule has 0 saturated heterocycles. The van der Waals surface area contributed by atoms with E-state index in [1.54, 1.807) is 10.9 Å². The van der Waals surface area contributed by atoms with Crippen LogP contribution in [0.2, 0.25) is 0 Å². The molecule has 0 aromatic carbocycles. The summed E-state index contributed by atoms with van der Waals surface area (Å²) in [6.45, 7) is 4.05. The van der Waals surface area contributed by atoms with Gasteiger partial charge < -0.3 is 5.32 Å².